The van der Waals surface area contributed by atoms with Crippen molar-refractivity contribution in [1.29, 1.82) is 0 Å². The fourth-order valence-electron chi connectivity index (χ4n) is 3.90. The van der Waals surface area contributed by atoms with E-state index in [-0.39, 0.29) is 23.8 Å². The highest BCUT2D eigenvalue weighted by molar-refractivity contribution is 7.89. The van der Waals surface area contributed by atoms with Crippen LogP contribution in [0.3, 0.4) is 0 Å². The number of halogens is 1. The minimum atomic E-state index is -3.68. The molecule has 7 nitrogen and oxygen atoms in total. The Balaban J connectivity index is 0.00000289. The molecule has 0 fully saturated rings. The van der Waals surface area contributed by atoms with Gasteiger partial charge in [-0.1, -0.05) is 72.8 Å². The lowest BCUT2D eigenvalue weighted by atomic mass is 10.1. The van der Waals surface area contributed by atoms with Gasteiger partial charge in [0.1, 0.15) is 5.82 Å². The van der Waals surface area contributed by atoms with E-state index in [1.54, 1.807) is 12.1 Å². The summed E-state index contributed by atoms with van der Waals surface area (Å²) in [7, 11) is -3.68. The number of para-hydroxylation sites is 1. The molecule has 0 bridgehead atoms. The molecule has 1 aromatic heterocycles. The van der Waals surface area contributed by atoms with Crippen LogP contribution in [0, 0.1) is 0 Å². The molecule has 0 aliphatic rings. The lowest BCUT2D eigenvalue weighted by Gasteiger charge is -2.11. The van der Waals surface area contributed by atoms with Crippen molar-refractivity contribution in [3.8, 4) is 0 Å². The van der Waals surface area contributed by atoms with E-state index < -0.39 is 10.0 Å². The van der Waals surface area contributed by atoms with Gasteiger partial charge < -0.3 is 11.1 Å². The van der Waals surface area contributed by atoms with Crippen LogP contribution in [0.4, 0.5) is 11.8 Å². The Bertz CT molecular complexity index is 1600. The third-order valence-electron chi connectivity index (χ3n) is 5.58. The Labute approximate surface area is 209 Å². The van der Waals surface area contributed by atoms with E-state index in [0.29, 0.717) is 23.7 Å². The van der Waals surface area contributed by atoms with Crippen LogP contribution in [-0.4, -0.2) is 18.4 Å². The van der Waals surface area contributed by atoms with Crippen molar-refractivity contribution in [2.45, 2.75) is 18.0 Å². The summed E-state index contributed by atoms with van der Waals surface area (Å²) < 4.78 is 28.7. The number of nitrogens with two attached hydrogens (primary N) is 1. The van der Waals surface area contributed by atoms with Crippen LogP contribution in [-0.2, 0) is 23.1 Å². The molecular formula is C26H24ClN5O2S. The summed E-state index contributed by atoms with van der Waals surface area (Å²) in [6, 6.07) is 28.0. The number of nitrogens with one attached hydrogen (secondary N) is 2. The maximum atomic E-state index is 13.0. The number of hydrogen-bond acceptors (Lipinski definition) is 6. The molecule has 5 aromatic rings. The zero-order valence-corrected chi connectivity index (χ0v) is 20.3. The van der Waals surface area contributed by atoms with E-state index >= 15 is 0 Å². The predicted octanol–water partition coefficient (Wildman–Crippen LogP) is 4.88. The van der Waals surface area contributed by atoms with Crippen molar-refractivity contribution < 1.29 is 8.42 Å². The monoisotopic (exact) mass is 505 g/mol. The van der Waals surface area contributed by atoms with Crippen LogP contribution < -0.4 is 15.8 Å². The molecule has 1 heterocycles. The molecule has 4 N–H and O–H groups in total. The minimum Gasteiger partial charge on any atom is -0.383 e. The summed E-state index contributed by atoms with van der Waals surface area (Å²) in [5, 5.41) is 5.60. The standard InChI is InChI=1S/C26H23N5O2S.ClH/c27-25-22-12-3-4-13-23(22)30-26(31-25)28-16-18-7-5-8-19(15-18)17-29-34(32,33)24-14-6-10-20-9-1-2-11-21(20)24;/h1-15,29H,16-17H2,(H3,27,28,30,31);1H. The predicted molar refractivity (Wildman–Crippen MR) is 143 cm³/mol. The molecule has 4 aromatic carbocycles. The second kappa shape index (κ2) is 10.3. The first-order chi connectivity index (χ1) is 16.5. The maximum Gasteiger partial charge on any atom is 0.241 e. The van der Waals surface area contributed by atoms with Gasteiger partial charge in [-0.3, -0.25) is 0 Å². The molecule has 0 saturated heterocycles. The first kappa shape index (κ1) is 24.4. The summed E-state index contributed by atoms with van der Waals surface area (Å²) in [5.41, 5.74) is 8.65. The van der Waals surface area contributed by atoms with Crippen LogP contribution in [0.1, 0.15) is 11.1 Å². The lowest BCUT2D eigenvalue weighted by Crippen LogP contribution is -2.23. The number of aromatic nitrogens is 2. The highest BCUT2D eigenvalue weighted by atomic mass is 35.5. The number of anilines is 2. The average molecular weight is 506 g/mol. The Morgan fingerprint density at radius 3 is 2.23 bits per heavy atom. The Morgan fingerprint density at radius 1 is 0.743 bits per heavy atom. The molecule has 0 unspecified atom stereocenters. The van der Waals surface area contributed by atoms with E-state index in [4.69, 9.17) is 5.73 Å². The highest BCUT2D eigenvalue weighted by Crippen LogP contribution is 2.23. The molecule has 0 radical (unpaired) electrons. The summed E-state index contributed by atoms with van der Waals surface area (Å²) >= 11 is 0. The van der Waals surface area contributed by atoms with Gasteiger partial charge in [-0.05, 0) is 34.7 Å². The summed E-state index contributed by atoms with van der Waals surface area (Å²) in [4.78, 5) is 9.11. The van der Waals surface area contributed by atoms with Gasteiger partial charge in [0, 0.05) is 23.9 Å². The molecule has 0 spiro atoms. The van der Waals surface area contributed by atoms with Gasteiger partial charge in [0.15, 0.2) is 0 Å². The first-order valence-electron chi connectivity index (χ1n) is 10.8. The molecule has 0 atom stereocenters. The van der Waals surface area contributed by atoms with Crippen LogP contribution in [0.5, 0.6) is 0 Å². The quantitative estimate of drug-likeness (QED) is 0.291. The fourth-order valence-corrected chi connectivity index (χ4v) is 5.14. The third kappa shape index (κ3) is 5.35. The number of fused-ring (bicyclic) bond motifs is 2. The number of hydrogen-bond donors (Lipinski definition) is 3. The molecular weight excluding hydrogens is 482 g/mol. The highest BCUT2D eigenvalue weighted by Gasteiger charge is 2.16. The van der Waals surface area contributed by atoms with E-state index in [9.17, 15) is 8.42 Å². The fraction of sp³-hybridized carbons (Fsp3) is 0.0769. The van der Waals surface area contributed by atoms with Gasteiger partial charge in [-0.2, -0.15) is 4.98 Å². The zero-order chi connectivity index (χ0) is 23.5. The van der Waals surface area contributed by atoms with Gasteiger partial charge in [0.2, 0.25) is 16.0 Å². The van der Waals surface area contributed by atoms with Crippen LogP contribution in [0.15, 0.2) is 95.9 Å². The van der Waals surface area contributed by atoms with Crippen LogP contribution >= 0.6 is 12.4 Å². The van der Waals surface area contributed by atoms with Crippen molar-refractivity contribution in [3.63, 3.8) is 0 Å². The Hall–Kier alpha value is -3.72. The van der Waals surface area contributed by atoms with Gasteiger partial charge >= 0.3 is 0 Å². The van der Waals surface area contributed by atoms with Crippen molar-refractivity contribution in [2.24, 2.45) is 0 Å². The number of sulfonamides is 1. The Kier molecular flexibility index (Phi) is 7.16. The van der Waals surface area contributed by atoms with E-state index in [1.807, 2.05) is 78.9 Å². The summed E-state index contributed by atoms with van der Waals surface area (Å²) in [5.74, 6) is 0.864. The number of rotatable bonds is 7. The maximum absolute atomic E-state index is 13.0. The summed E-state index contributed by atoms with van der Waals surface area (Å²) in [6.07, 6.45) is 0. The number of benzene rings is 4. The number of nitrogens with zero attached hydrogens (tertiary/aromatic N) is 2. The van der Waals surface area contributed by atoms with Crippen molar-refractivity contribution in [3.05, 3.63) is 102 Å². The molecule has 5 rings (SSSR count). The van der Waals surface area contributed by atoms with Gasteiger partial charge in [-0.25, -0.2) is 18.1 Å². The number of nitrogen functional groups attached to an aromatic ring is 1. The lowest BCUT2D eigenvalue weighted by molar-refractivity contribution is 0.582. The van der Waals surface area contributed by atoms with Gasteiger partial charge in [0.05, 0.1) is 10.4 Å². The zero-order valence-electron chi connectivity index (χ0n) is 18.7. The second-order valence-electron chi connectivity index (χ2n) is 7.92. The van der Waals surface area contributed by atoms with Crippen molar-refractivity contribution in [1.82, 2.24) is 14.7 Å². The third-order valence-corrected chi connectivity index (χ3v) is 7.04. The molecule has 0 aliphatic heterocycles. The van der Waals surface area contributed by atoms with Crippen LogP contribution in [0.2, 0.25) is 0 Å². The molecule has 178 valence electrons. The van der Waals surface area contributed by atoms with Gasteiger partial charge in [0.25, 0.3) is 0 Å². The molecule has 35 heavy (non-hydrogen) atoms. The summed E-state index contributed by atoms with van der Waals surface area (Å²) in [6.45, 7) is 0.653. The van der Waals surface area contributed by atoms with E-state index in [0.717, 1.165) is 27.4 Å². The van der Waals surface area contributed by atoms with Gasteiger partial charge in [-0.15, -0.1) is 12.4 Å². The largest absolute Gasteiger partial charge is 0.383 e. The molecule has 0 amide bonds. The van der Waals surface area contributed by atoms with E-state index in [1.165, 1.54) is 0 Å². The normalized spacial score (nSPS) is 11.3. The second-order valence-corrected chi connectivity index (χ2v) is 9.66. The topological polar surface area (TPSA) is 110 Å². The average Bonchev–Trinajstić information content (AvgIpc) is 2.86. The molecule has 0 saturated carbocycles. The molecule has 0 aliphatic carbocycles. The SMILES string of the molecule is Cl.Nc1nc(NCc2cccc(CNS(=O)(=O)c3cccc4ccccc34)c2)nc2ccccc12. The van der Waals surface area contributed by atoms with Crippen LogP contribution in [0.25, 0.3) is 21.7 Å². The minimum absolute atomic E-state index is 0. The van der Waals surface area contributed by atoms with Crippen molar-refractivity contribution in [2.75, 3.05) is 11.1 Å². The molecule has 9 heteroatoms. The first-order valence-corrected chi connectivity index (χ1v) is 12.3. The van der Waals surface area contributed by atoms with Crippen molar-refractivity contribution >= 4 is 55.9 Å². The Morgan fingerprint density at radius 2 is 1.40 bits per heavy atom. The van der Waals surface area contributed by atoms with E-state index in [2.05, 4.69) is 20.0 Å². The smallest absolute Gasteiger partial charge is 0.241 e.